The van der Waals surface area contributed by atoms with Crippen LogP contribution in [0.3, 0.4) is 0 Å². The van der Waals surface area contributed by atoms with Crippen LogP contribution >= 0.6 is 0 Å². The van der Waals surface area contributed by atoms with Crippen LogP contribution < -0.4 is 10.1 Å². The van der Waals surface area contributed by atoms with Gasteiger partial charge in [0.05, 0.1) is 19.3 Å². The third kappa shape index (κ3) is 5.40. The summed E-state index contributed by atoms with van der Waals surface area (Å²) in [6.07, 6.45) is 1.37. The first-order valence-electron chi connectivity index (χ1n) is 9.48. The highest BCUT2D eigenvalue weighted by Gasteiger charge is 2.12. The summed E-state index contributed by atoms with van der Waals surface area (Å²) in [5.74, 6) is 0.607. The fourth-order valence-corrected chi connectivity index (χ4v) is 2.73. The Bertz CT molecular complexity index is 1140. The number of nitrogens with zero attached hydrogens (tertiary/aromatic N) is 1. The van der Waals surface area contributed by atoms with Crippen LogP contribution in [-0.4, -0.2) is 25.6 Å². The smallest absolute Gasteiger partial charge is 0.338 e. The molecule has 0 bridgehead atoms. The van der Waals surface area contributed by atoms with Crippen molar-refractivity contribution >= 4 is 23.6 Å². The van der Waals surface area contributed by atoms with Crippen molar-refractivity contribution in [1.29, 1.82) is 5.26 Å². The number of furan rings is 1. The Morgan fingerprint density at radius 2 is 1.77 bits per heavy atom. The molecule has 0 aliphatic rings. The van der Waals surface area contributed by atoms with Gasteiger partial charge in [0.2, 0.25) is 0 Å². The summed E-state index contributed by atoms with van der Waals surface area (Å²) in [6, 6.07) is 18.8. The molecule has 1 heterocycles. The van der Waals surface area contributed by atoms with E-state index in [1.807, 2.05) is 6.07 Å². The number of nitriles is 1. The topological polar surface area (TPSA) is 102 Å². The molecule has 31 heavy (non-hydrogen) atoms. The van der Waals surface area contributed by atoms with Gasteiger partial charge in [0, 0.05) is 17.3 Å². The molecule has 7 nitrogen and oxygen atoms in total. The summed E-state index contributed by atoms with van der Waals surface area (Å²) < 4.78 is 15.8. The van der Waals surface area contributed by atoms with Gasteiger partial charge in [0.15, 0.2) is 0 Å². The van der Waals surface area contributed by atoms with Gasteiger partial charge in [-0.2, -0.15) is 5.26 Å². The fraction of sp³-hybridized carbons (Fsp3) is 0.125. The molecule has 0 fully saturated rings. The second-order valence-corrected chi connectivity index (χ2v) is 6.35. The number of hydrogen-bond donors (Lipinski definition) is 1. The molecule has 0 aliphatic carbocycles. The average molecular weight is 416 g/mol. The quantitative estimate of drug-likeness (QED) is 0.341. The van der Waals surface area contributed by atoms with Crippen LogP contribution in [0, 0.1) is 11.3 Å². The number of carbonyl (C=O) groups is 2. The van der Waals surface area contributed by atoms with Gasteiger partial charge < -0.3 is 19.2 Å². The zero-order chi connectivity index (χ0) is 22.2. The van der Waals surface area contributed by atoms with E-state index in [0.717, 1.165) is 5.56 Å². The number of nitrogens with one attached hydrogen (secondary N) is 1. The van der Waals surface area contributed by atoms with Crippen molar-refractivity contribution in [2.45, 2.75) is 6.92 Å². The lowest BCUT2D eigenvalue weighted by Gasteiger charge is -2.05. The molecule has 0 radical (unpaired) electrons. The molecule has 0 saturated heterocycles. The molecule has 0 spiro atoms. The van der Waals surface area contributed by atoms with Gasteiger partial charge in [-0.25, -0.2) is 4.79 Å². The maximum Gasteiger partial charge on any atom is 0.338 e. The van der Waals surface area contributed by atoms with E-state index in [-0.39, 0.29) is 5.57 Å². The number of esters is 1. The van der Waals surface area contributed by atoms with Crippen LogP contribution in [0.1, 0.15) is 23.0 Å². The Morgan fingerprint density at radius 1 is 1.06 bits per heavy atom. The third-order valence-electron chi connectivity index (χ3n) is 4.31. The van der Waals surface area contributed by atoms with Crippen LogP contribution in [-0.2, 0) is 9.53 Å². The van der Waals surface area contributed by atoms with E-state index >= 15 is 0 Å². The average Bonchev–Trinajstić information content (AvgIpc) is 3.27. The van der Waals surface area contributed by atoms with E-state index in [1.165, 1.54) is 6.08 Å². The number of ether oxygens (including phenoxy) is 2. The molecule has 0 aliphatic heterocycles. The molecule has 3 rings (SSSR count). The van der Waals surface area contributed by atoms with Crippen LogP contribution in [0.15, 0.2) is 70.7 Å². The van der Waals surface area contributed by atoms with Crippen LogP contribution in [0.25, 0.3) is 17.4 Å². The Hall–Kier alpha value is -4.31. The van der Waals surface area contributed by atoms with E-state index in [9.17, 15) is 14.9 Å². The largest absolute Gasteiger partial charge is 0.497 e. The molecule has 3 aromatic rings. The summed E-state index contributed by atoms with van der Waals surface area (Å²) in [4.78, 5) is 24.2. The maximum absolute atomic E-state index is 12.4. The van der Waals surface area contributed by atoms with Gasteiger partial charge in [-0.05, 0) is 55.5 Å². The van der Waals surface area contributed by atoms with Crippen LogP contribution in [0.5, 0.6) is 5.75 Å². The molecule has 0 unspecified atom stereocenters. The van der Waals surface area contributed by atoms with Gasteiger partial charge in [0.25, 0.3) is 5.91 Å². The minimum absolute atomic E-state index is 0.102. The summed E-state index contributed by atoms with van der Waals surface area (Å²) in [7, 11) is 1.55. The van der Waals surface area contributed by atoms with E-state index < -0.39 is 11.9 Å². The number of rotatable bonds is 7. The van der Waals surface area contributed by atoms with Crippen LogP contribution in [0.4, 0.5) is 5.69 Å². The first kappa shape index (κ1) is 21.4. The lowest BCUT2D eigenvalue weighted by molar-refractivity contribution is -0.112. The number of methoxy groups -OCH3 is 1. The Morgan fingerprint density at radius 3 is 2.39 bits per heavy atom. The molecular formula is C24H20N2O5. The highest BCUT2D eigenvalue weighted by atomic mass is 16.5. The molecule has 156 valence electrons. The predicted molar refractivity (Wildman–Crippen MR) is 115 cm³/mol. The van der Waals surface area contributed by atoms with Gasteiger partial charge >= 0.3 is 5.97 Å². The van der Waals surface area contributed by atoms with E-state index in [0.29, 0.717) is 35.1 Å². The minimum atomic E-state index is -0.551. The number of amides is 1. The van der Waals surface area contributed by atoms with E-state index in [4.69, 9.17) is 13.9 Å². The van der Waals surface area contributed by atoms with Crippen molar-refractivity contribution in [2.24, 2.45) is 0 Å². The summed E-state index contributed by atoms with van der Waals surface area (Å²) in [5, 5.41) is 12.0. The third-order valence-corrected chi connectivity index (χ3v) is 4.31. The van der Waals surface area contributed by atoms with Gasteiger partial charge in [-0.3, -0.25) is 4.79 Å². The zero-order valence-electron chi connectivity index (χ0n) is 17.0. The number of anilines is 1. The predicted octanol–water partition coefficient (Wildman–Crippen LogP) is 4.68. The van der Waals surface area contributed by atoms with Gasteiger partial charge in [-0.1, -0.05) is 12.1 Å². The molecule has 0 atom stereocenters. The Balaban J connectivity index is 1.73. The van der Waals surface area contributed by atoms with Crippen LogP contribution in [0.2, 0.25) is 0 Å². The Labute approximate surface area is 179 Å². The maximum atomic E-state index is 12.4. The van der Waals surface area contributed by atoms with Crippen molar-refractivity contribution in [3.05, 3.63) is 77.6 Å². The van der Waals surface area contributed by atoms with Crippen molar-refractivity contribution in [2.75, 3.05) is 19.0 Å². The lowest BCUT2D eigenvalue weighted by Crippen LogP contribution is -2.13. The molecule has 0 saturated carbocycles. The first-order valence-corrected chi connectivity index (χ1v) is 9.48. The minimum Gasteiger partial charge on any atom is -0.497 e. The fourth-order valence-electron chi connectivity index (χ4n) is 2.73. The van der Waals surface area contributed by atoms with Crippen molar-refractivity contribution in [1.82, 2.24) is 0 Å². The monoisotopic (exact) mass is 416 g/mol. The SMILES string of the molecule is CCOC(=O)c1ccc(-c2ccc(/C=C(/C#N)C(=O)Nc3ccc(OC)cc3)o2)cc1. The molecular weight excluding hydrogens is 396 g/mol. The second kappa shape index (κ2) is 9.94. The number of hydrogen-bond acceptors (Lipinski definition) is 6. The molecule has 1 N–H and O–H groups in total. The summed E-state index contributed by atoms with van der Waals surface area (Å²) >= 11 is 0. The van der Waals surface area contributed by atoms with E-state index in [2.05, 4.69) is 5.32 Å². The molecule has 2 aromatic carbocycles. The molecule has 1 amide bonds. The van der Waals surface area contributed by atoms with Crippen molar-refractivity contribution in [3.8, 4) is 23.1 Å². The van der Waals surface area contributed by atoms with Gasteiger partial charge in [-0.15, -0.1) is 0 Å². The number of benzene rings is 2. The molecule has 1 aromatic heterocycles. The van der Waals surface area contributed by atoms with Gasteiger partial charge in [0.1, 0.15) is 28.9 Å². The summed E-state index contributed by atoms with van der Waals surface area (Å²) in [5.41, 5.74) is 1.62. The number of carbonyl (C=O) groups excluding carboxylic acids is 2. The summed E-state index contributed by atoms with van der Waals surface area (Å²) in [6.45, 7) is 2.05. The second-order valence-electron chi connectivity index (χ2n) is 6.35. The lowest BCUT2D eigenvalue weighted by atomic mass is 10.1. The van der Waals surface area contributed by atoms with Crippen molar-refractivity contribution in [3.63, 3.8) is 0 Å². The zero-order valence-corrected chi connectivity index (χ0v) is 17.0. The van der Waals surface area contributed by atoms with Crippen molar-refractivity contribution < 1.29 is 23.5 Å². The first-order chi connectivity index (χ1) is 15.0. The normalized spacial score (nSPS) is 10.8. The van der Waals surface area contributed by atoms with E-state index in [1.54, 1.807) is 74.7 Å². The highest BCUT2D eigenvalue weighted by molar-refractivity contribution is 6.09. The highest BCUT2D eigenvalue weighted by Crippen LogP contribution is 2.24. The molecule has 7 heteroatoms. The standard InChI is InChI=1S/C24H20N2O5/c1-3-30-24(28)17-6-4-16(5-7-17)22-13-12-21(31-22)14-18(15-25)23(27)26-19-8-10-20(29-2)11-9-19/h4-14H,3H2,1-2H3,(H,26,27)/b18-14-. The Kier molecular flexibility index (Phi) is 6.86.